The van der Waals surface area contributed by atoms with Gasteiger partial charge in [-0.15, -0.1) is 0 Å². The van der Waals surface area contributed by atoms with Crippen LogP contribution in [0.3, 0.4) is 0 Å². The highest BCUT2D eigenvalue weighted by Crippen LogP contribution is 2.56. The average Bonchev–Trinajstić information content (AvgIpc) is 3.32. The van der Waals surface area contributed by atoms with Gasteiger partial charge in [-0.2, -0.15) is 0 Å². The van der Waals surface area contributed by atoms with Gasteiger partial charge in [-0.1, -0.05) is 42.5 Å². The summed E-state index contributed by atoms with van der Waals surface area (Å²) in [6.45, 7) is 0. The summed E-state index contributed by atoms with van der Waals surface area (Å²) in [5.41, 5.74) is 4.42. The third kappa shape index (κ3) is 2.30. The van der Waals surface area contributed by atoms with Crippen molar-refractivity contribution in [3.05, 3.63) is 65.5 Å². The Labute approximate surface area is 123 Å². The molecule has 4 heteroatoms. The molecule has 1 unspecified atom stereocenters. The molecule has 3 N–H and O–H groups in total. The van der Waals surface area contributed by atoms with E-state index < -0.39 is 0 Å². The van der Waals surface area contributed by atoms with Crippen molar-refractivity contribution in [2.24, 2.45) is 5.84 Å². The van der Waals surface area contributed by atoms with Crippen LogP contribution in [0.25, 0.3) is 0 Å². The molecule has 0 radical (unpaired) electrons. The number of halogens is 1. The summed E-state index contributed by atoms with van der Waals surface area (Å²) in [6.07, 6.45) is 1.98. The van der Waals surface area contributed by atoms with Gasteiger partial charge in [-0.25, -0.2) is 4.39 Å². The van der Waals surface area contributed by atoms with Crippen LogP contribution < -0.4 is 16.0 Å². The van der Waals surface area contributed by atoms with Gasteiger partial charge in [0.2, 0.25) is 0 Å². The molecule has 0 aliphatic heterocycles. The molecule has 0 heterocycles. The van der Waals surface area contributed by atoms with Crippen LogP contribution in [0.2, 0.25) is 0 Å². The van der Waals surface area contributed by atoms with E-state index in [1.807, 2.05) is 18.2 Å². The monoisotopic (exact) mass is 286 g/mol. The second-order valence-corrected chi connectivity index (χ2v) is 5.49. The largest absolute Gasteiger partial charge is 0.494 e. The van der Waals surface area contributed by atoms with Gasteiger partial charge in [0.25, 0.3) is 0 Å². The van der Waals surface area contributed by atoms with Crippen LogP contribution in [-0.4, -0.2) is 7.11 Å². The molecule has 1 saturated carbocycles. The number of rotatable bonds is 5. The zero-order chi connectivity index (χ0) is 14.9. The first-order chi connectivity index (χ1) is 10.2. The van der Waals surface area contributed by atoms with E-state index in [9.17, 15) is 4.39 Å². The molecule has 3 rings (SSSR count). The van der Waals surface area contributed by atoms with Crippen LogP contribution in [-0.2, 0) is 5.41 Å². The number of nitrogens with one attached hydrogen (secondary N) is 1. The zero-order valence-corrected chi connectivity index (χ0v) is 12.0. The summed E-state index contributed by atoms with van der Waals surface area (Å²) in [6, 6.07) is 15.1. The van der Waals surface area contributed by atoms with Crippen LogP contribution in [0.4, 0.5) is 4.39 Å². The van der Waals surface area contributed by atoms with E-state index in [-0.39, 0.29) is 23.0 Å². The van der Waals surface area contributed by atoms with Gasteiger partial charge in [0.15, 0.2) is 11.6 Å². The normalized spacial score (nSPS) is 17.3. The fraction of sp³-hybridized carbons (Fsp3) is 0.294. The van der Waals surface area contributed by atoms with Crippen molar-refractivity contribution in [2.75, 3.05) is 7.11 Å². The van der Waals surface area contributed by atoms with Gasteiger partial charge in [-0.05, 0) is 24.5 Å². The second-order valence-electron chi connectivity index (χ2n) is 5.49. The topological polar surface area (TPSA) is 47.3 Å². The summed E-state index contributed by atoms with van der Waals surface area (Å²) in [4.78, 5) is 0. The molecular weight excluding hydrogens is 267 g/mol. The molecule has 0 amide bonds. The minimum Gasteiger partial charge on any atom is -0.494 e. The first-order valence-electron chi connectivity index (χ1n) is 7.07. The van der Waals surface area contributed by atoms with E-state index in [4.69, 9.17) is 10.6 Å². The lowest BCUT2D eigenvalue weighted by Gasteiger charge is -2.28. The number of ether oxygens (including phenoxy) is 1. The minimum absolute atomic E-state index is 0.136. The molecule has 2 aromatic rings. The Morgan fingerprint density at radius 1 is 1.14 bits per heavy atom. The molecule has 1 aliphatic rings. The van der Waals surface area contributed by atoms with Gasteiger partial charge >= 0.3 is 0 Å². The van der Waals surface area contributed by atoms with Crippen LogP contribution in [0.1, 0.15) is 30.0 Å². The number of methoxy groups -OCH3 is 1. The first-order valence-corrected chi connectivity index (χ1v) is 7.07. The van der Waals surface area contributed by atoms with Gasteiger partial charge < -0.3 is 4.74 Å². The Balaban J connectivity index is 2.04. The van der Waals surface area contributed by atoms with Crippen molar-refractivity contribution in [3.8, 4) is 5.75 Å². The van der Waals surface area contributed by atoms with Crippen molar-refractivity contribution in [3.63, 3.8) is 0 Å². The fourth-order valence-corrected chi connectivity index (χ4v) is 3.10. The molecule has 0 aromatic heterocycles. The smallest absolute Gasteiger partial charge is 0.169 e. The van der Waals surface area contributed by atoms with Crippen molar-refractivity contribution in [1.82, 2.24) is 5.43 Å². The van der Waals surface area contributed by atoms with Crippen LogP contribution >= 0.6 is 0 Å². The summed E-state index contributed by atoms with van der Waals surface area (Å²) in [7, 11) is 1.47. The maximum atomic E-state index is 14.6. The van der Waals surface area contributed by atoms with E-state index in [0.29, 0.717) is 5.56 Å². The van der Waals surface area contributed by atoms with Crippen LogP contribution in [0.15, 0.2) is 48.5 Å². The van der Waals surface area contributed by atoms with E-state index in [1.165, 1.54) is 12.7 Å². The van der Waals surface area contributed by atoms with Crippen molar-refractivity contribution < 1.29 is 9.13 Å². The summed E-state index contributed by atoms with van der Waals surface area (Å²) in [5, 5.41) is 0. The van der Waals surface area contributed by atoms with E-state index in [1.54, 1.807) is 18.2 Å². The molecule has 1 aliphatic carbocycles. The molecule has 1 fully saturated rings. The third-order valence-corrected chi connectivity index (χ3v) is 4.38. The number of hydrazine groups is 1. The van der Waals surface area contributed by atoms with E-state index in [0.717, 1.165) is 12.8 Å². The predicted molar refractivity (Wildman–Crippen MR) is 80.4 cm³/mol. The van der Waals surface area contributed by atoms with Gasteiger partial charge in [0, 0.05) is 11.0 Å². The minimum atomic E-state index is -0.342. The molecule has 0 saturated heterocycles. The molecule has 3 nitrogen and oxygen atoms in total. The Bertz CT molecular complexity index is 626. The highest BCUT2D eigenvalue weighted by atomic mass is 19.1. The van der Waals surface area contributed by atoms with Crippen LogP contribution in [0, 0.1) is 5.82 Å². The summed E-state index contributed by atoms with van der Waals surface area (Å²) >= 11 is 0. The lowest BCUT2D eigenvalue weighted by molar-refractivity contribution is 0.369. The van der Waals surface area contributed by atoms with Crippen molar-refractivity contribution in [1.29, 1.82) is 0 Å². The third-order valence-electron chi connectivity index (χ3n) is 4.38. The predicted octanol–water partition coefficient (Wildman–Crippen LogP) is 3.07. The zero-order valence-electron chi connectivity index (χ0n) is 12.0. The first kappa shape index (κ1) is 14.0. The molecule has 21 heavy (non-hydrogen) atoms. The molecule has 1 atom stereocenters. The second kappa shape index (κ2) is 5.47. The number of benzene rings is 2. The molecular formula is C17H19FN2O. The van der Waals surface area contributed by atoms with Gasteiger partial charge in [0.1, 0.15) is 0 Å². The van der Waals surface area contributed by atoms with E-state index in [2.05, 4.69) is 17.6 Å². The number of hydrogen-bond donors (Lipinski definition) is 2. The standard InChI is InChI=1S/C17H19FN2O/c1-21-14-9-5-8-13(15(14)18)16(20-19)17(10-11-17)12-6-3-2-4-7-12/h2-9,16,20H,10-11,19H2,1H3. The van der Waals surface area contributed by atoms with Gasteiger partial charge in [0.05, 0.1) is 13.2 Å². The lowest BCUT2D eigenvalue weighted by Crippen LogP contribution is -2.37. The highest BCUT2D eigenvalue weighted by molar-refractivity contribution is 5.41. The number of hydrogen-bond acceptors (Lipinski definition) is 3. The lowest BCUT2D eigenvalue weighted by atomic mass is 9.84. The maximum Gasteiger partial charge on any atom is 0.169 e. The van der Waals surface area contributed by atoms with E-state index >= 15 is 0 Å². The van der Waals surface area contributed by atoms with Crippen molar-refractivity contribution in [2.45, 2.75) is 24.3 Å². The summed E-state index contributed by atoms with van der Waals surface area (Å²) < 4.78 is 19.6. The Morgan fingerprint density at radius 3 is 2.43 bits per heavy atom. The maximum absolute atomic E-state index is 14.6. The SMILES string of the molecule is COc1cccc(C(NN)C2(c3ccccc3)CC2)c1F. The molecule has 0 spiro atoms. The fourth-order valence-electron chi connectivity index (χ4n) is 3.10. The summed E-state index contributed by atoms with van der Waals surface area (Å²) in [5.74, 6) is 5.68. The van der Waals surface area contributed by atoms with Crippen LogP contribution in [0.5, 0.6) is 5.75 Å². The Kier molecular flexibility index (Phi) is 3.66. The molecule has 0 bridgehead atoms. The Morgan fingerprint density at radius 2 is 1.86 bits per heavy atom. The quantitative estimate of drug-likeness (QED) is 0.656. The number of nitrogens with two attached hydrogens (primary N) is 1. The van der Waals surface area contributed by atoms with Gasteiger partial charge in [-0.3, -0.25) is 11.3 Å². The average molecular weight is 286 g/mol. The highest BCUT2D eigenvalue weighted by Gasteiger charge is 2.51. The molecule has 2 aromatic carbocycles. The Hall–Kier alpha value is -1.91. The van der Waals surface area contributed by atoms with Crippen molar-refractivity contribution >= 4 is 0 Å². The molecule has 110 valence electrons.